The molecule has 0 amide bonds. The van der Waals surface area contributed by atoms with Crippen LogP contribution in [-0.4, -0.2) is 18.1 Å². The van der Waals surface area contributed by atoms with E-state index >= 15 is 0 Å². The fraction of sp³-hybridized carbons (Fsp3) is 0.438. The van der Waals surface area contributed by atoms with Gasteiger partial charge in [0.25, 0.3) is 0 Å². The highest BCUT2D eigenvalue weighted by atomic mass is 32.1. The molecule has 0 aliphatic heterocycles. The van der Waals surface area contributed by atoms with Crippen molar-refractivity contribution < 1.29 is 4.74 Å². The normalized spacial score (nSPS) is 23.1. The Labute approximate surface area is 124 Å². The number of rotatable bonds is 5. The molecule has 106 valence electrons. The number of aromatic nitrogens is 1. The van der Waals surface area contributed by atoms with Crippen LogP contribution in [0.5, 0.6) is 5.75 Å². The molecule has 2 aromatic rings. The van der Waals surface area contributed by atoms with Crippen LogP contribution >= 0.6 is 11.3 Å². The molecule has 1 atom stereocenters. The van der Waals surface area contributed by atoms with Gasteiger partial charge in [-0.2, -0.15) is 0 Å². The SMILES string of the molecule is COc1ccccc1C1CC(NC(C)c2nccs2)C1. The summed E-state index contributed by atoms with van der Waals surface area (Å²) in [6.07, 6.45) is 4.22. The predicted octanol–water partition coefficient (Wildman–Crippen LogP) is 3.75. The third-order valence-corrected chi connectivity index (χ3v) is 4.98. The summed E-state index contributed by atoms with van der Waals surface area (Å²) in [6, 6.07) is 9.29. The summed E-state index contributed by atoms with van der Waals surface area (Å²) in [7, 11) is 1.75. The molecule has 1 aliphatic rings. The zero-order valence-corrected chi connectivity index (χ0v) is 12.7. The number of benzene rings is 1. The first-order valence-corrected chi connectivity index (χ1v) is 7.94. The maximum absolute atomic E-state index is 5.45. The van der Waals surface area contributed by atoms with E-state index < -0.39 is 0 Å². The quantitative estimate of drug-likeness (QED) is 0.910. The van der Waals surface area contributed by atoms with Crippen LogP contribution in [-0.2, 0) is 0 Å². The van der Waals surface area contributed by atoms with E-state index in [0.29, 0.717) is 18.0 Å². The van der Waals surface area contributed by atoms with Crippen LogP contribution in [0.3, 0.4) is 0 Å². The summed E-state index contributed by atoms with van der Waals surface area (Å²) < 4.78 is 5.45. The zero-order valence-electron chi connectivity index (χ0n) is 11.9. The van der Waals surface area contributed by atoms with Crippen molar-refractivity contribution in [3.63, 3.8) is 0 Å². The van der Waals surface area contributed by atoms with Crippen LogP contribution in [0.2, 0.25) is 0 Å². The van der Waals surface area contributed by atoms with Gasteiger partial charge >= 0.3 is 0 Å². The van der Waals surface area contributed by atoms with Crippen molar-refractivity contribution in [1.82, 2.24) is 10.3 Å². The molecule has 1 unspecified atom stereocenters. The minimum Gasteiger partial charge on any atom is -0.496 e. The van der Waals surface area contributed by atoms with Crippen molar-refractivity contribution in [2.45, 2.75) is 37.8 Å². The molecule has 1 saturated carbocycles. The molecule has 0 bridgehead atoms. The lowest BCUT2D eigenvalue weighted by atomic mass is 9.75. The van der Waals surface area contributed by atoms with Gasteiger partial charge in [0.05, 0.1) is 13.2 Å². The summed E-state index contributed by atoms with van der Waals surface area (Å²) in [5, 5.41) is 6.87. The Morgan fingerprint density at radius 3 is 2.85 bits per heavy atom. The molecule has 1 aromatic carbocycles. The molecule has 1 N–H and O–H groups in total. The van der Waals surface area contributed by atoms with Crippen LogP contribution in [0.25, 0.3) is 0 Å². The Morgan fingerprint density at radius 1 is 1.35 bits per heavy atom. The second-order valence-electron chi connectivity index (χ2n) is 5.37. The number of nitrogens with zero attached hydrogens (tertiary/aromatic N) is 1. The minimum absolute atomic E-state index is 0.346. The number of ether oxygens (including phenoxy) is 1. The lowest BCUT2D eigenvalue weighted by molar-refractivity contribution is 0.265. The van der Waals surface area contributed by atoms with Crippen LogP contribution < -0.4 is 10.1 Å². The van der Waals surface area contributed by atoms with Crippen molar-refractivity contribution in [3.8, 4) is 5.75 Å². The average Bonchev–Trinajstić information content (AvgIpc) is 2.96. The largest absolute Gasteiger partial charge is 0.496 e. The van der Waals surface area contributed by atoms with Crippen LogP contribution in [0.15, 0.2) is 35.8 Å². The van der Waals surface area contributed by atoms with Crippen molar-refractivity contribution in [1.29, 1.82) is 0 Å². The van der Waals surface area contributed by atoms with Crippen LogP contribution in [0.1, 0.15) is 42.3 Å². The predicted molar refractivity (Wildman–Crippen MR) is 82.4 cm³/mol. The molecule has 1 aliphatic carbocycles. The van der Waals surface area contributed by atoms with Crippen molar-refractivity contribution in [3.05, 3.63) is 46.4 Å². The number of nitrogens with one attached hydrogen (secondary N) is 1. The molecule has 1 heterocycles. The van der Waals surface area contributed by atoms with Crippen molar-refractivity contribution >= 4 is 11.3 Å². The van der Waals surface area contributed by atoms with Gasteiger partial charge in [0.2, 0.25) is 0 Å². The molecule has 0 radical (unpaired) electrons. The first-order valence-electron chi connectivity index (χ1n) is 7.06. The van der Waals surface area contributed by atoms with Gasteiger partial charge < -0.3 is 10.1 Å². The van der Waals surface area contributed by atoms with E-state index in [-0.39, 0.29) is 0 Å². The van der Waals surface area contributed by atoms with E-state index in [1.165, 1.54) is 23.4 Å². The van der Waals surface area contributed by atoms with E-state index in [1.54, 1.807) is 18.4 Å². The van der Waals surface area contributed by atoms with Gasteiger partial charge in [0, 0.05) is 17.6 Å². The number of hydrogen-bond donors (Lipinski definition) is 1. The van der Waals surface area contributed by atoms with Crippen molar-refractivity contribution in [2.75, 3.05) is 7.11 Å². The summed E-state index contributed by atoms with van der Waals surface area (Å²) >= 11 is 1.72. The number of thiazole rings is 1. The second-order valence-corrected chi connectivity index (χ2v) is 6.29. The Hall–Kier alpha value is -1.39. The molecule has 0 spiro atoms. The molecule has 4 heteroatoms. The molecule has 20 heavy (non-hydrogen) atoms. The van der Waals surface area contributed by atoms with Gasteiger partial charge in [-0.3, -0.25) is 0 Å². The highest BCUT2D eigenvalue weighted by Gasteiger charge is 2.32. The second kappa shape index (κ2) is 5.94. The number of hydrogen-bond acceptors (Lipinski definition) is 4. The van der Waals surface area contributed by atoms with Crippen LogP contribution in [0, 0.1) is 0 Å². The van der Waals surface area contributed by atoms with Gasteiger partial charge in [-0.25, -0.2) is 4.98 Å². The van der Waals surface area contributed by atoms with E-state index in [9.17, 15) is 0 Å². The molecular formula is C16H20N2OS. The van der Waals surface area contributed by atoms with E-state index in [4.69, 9.17) is 4.74 Å². The summed E-state index contributed by atoms with van der Waals surface area (Å²) in [5.74, 6) is 1.64. The Bertz CT molecular complexity index is 549. The lowest BCUT2D eigenvalue weighted by Crippen LogP contribution is -2.41. The van der Waals surface area contributed by atoms with Gasteiger partial charge in [-0.1, -0.05) is 18.2 Å². The van der Waals surface area contributed by atoms with E-state index in [1.807, 2.05) is 23.7 Å². The maximum atomic E-state index is 5.45. The van der Waals surface area contributed by atoms with Crippen LogP contribution in [0.4, 0.5) is 0 Å². The monoisotopic (exact) mass is 288 g/mol. The fourth-order valence-electron chi connectivity index (χ4n) is 2.88. The smallest absolute Gasteiger partial charge is 0.122 e. The van der Waals surface area contributed by atoms with E-state index in [2.05, 4.69) is 29.4 Å². The Balaban J connectivity index is 1.56. The zero-order chi connectivity index (χ0) is 13.9. The first-order chi connectivity index (χ1) is 9.78. The van der Waals surface area contributed by atoms with Crippen molar-refractivity contribution in [2.24, 2.45) is 0 Å². The van der Waals surface area contributed by atoms with Gasteiger partial charge in [0.15, 0.2) is 0 Å². The average molecular weight is 288 g/mol. The van der Waals surface area contributed by atoms with Gasteiger partial charge in [-0.05, 0) is 37.3 Å². The topological polar surface area (TPSA) is 34.1 Å². The summed E-state index contributed by atoms with van der Waals surface area (Å²) in [4.78, 5) is 4.37. The fourth-order valence-corrected chi connectivity index (χ4v) is 3.54. The molecule has 0 saturated heterocycles. The number of para-hydroxylation sites is 1. The number of methoxy groups -OCH3 is 1. The third kappa shape index (κ3) is 2.72. The highest BCUT2D eigenvalue weighted by Crippen LogP contribution is 2.41. The maximum Gasteiger partial charge on any atom is 0.122 e. The molecule has 1 aromatic heterocycles. The first kappa shape index (κ1) is 13.6. The Morgan fingerprint density at radius 2 is 2.15 bits per heavy atom. The lowest BCUT2D eigenvalue weighted by Gasteiger charge is -2.38. The summed E-state index contributed by atoms with van der Waals surface area (Å²) in [5.41, 5.74) is 1.34. The minimum atomic E-state index is 0.346. The molecule has 3 rings (SSSR count). The standard InChI is InChI=1S/C16H20N2OS/c1-11(16-17-7-8-20-16)18-13-9-12(10-13)14-5-3-4-6-15(14)19-2/h3-8,11-13,18H,9-10H2,1-2H3. The molecular weight excluding hydrogens is 268 g/mol. The third-order valence-electron chi connectivity index (χ3n) is 4.02. The van der Waals surface area contributed by atoms with Gasteiger partial charge in [0.1, 0.15) is 10.8 Å². The summed E-state index contributed by atoms with van der Waals surface area (Å²) in [6.45, 7) is 2.19. The van der Waals surface area contributed by atoms with E-state index in [0.717, 1.165) is 5.75 Å². The molecule has 3 nitrogen and oxygen atoms in total. The Kier molecular flexibility index (Phi) is 4.03. The highest BCUT2D eigenvalue weighted by molar-refractivity contribution is 7.09. The van der Waals surface area contributed by atoms with Gasteiger partial charge in [-0.15, -0.1) is 11.3 Å². The molecule has 1 fully saturated rings.